The smallest absolute Gasteiger partial charge is 0.150 e. The molecule has 2 nitrogen and oxygen atoms in total. The molecule has 0 saturated carbocycles. The Morgan fingerprint density at radius 3 is 2.75 bits per heavy atom. The van der Waals surface area contributed by atoms with Crippen LogP contribution in [0, 0.1) is 6.92 Å². The summed E-state index contributed by atoms with van der Waals surface area (Å²) in [7, 11) is 0. The van der Waals surface area contributed by atoms with Crippen molar-refractivity contribution in [2.75, 3.05) is 0 Å². The molecule has 3 heteroatoms. The lowest BCUT2D eigenvalue weighted by Crippen LogP contribution is -1.89. The number of nitrogens with zero attached hydrogens (tertiary/aromatic N) is 1. The minimum atomic E-state index is 0.562. The molecule has 0 radical (unpaired) electrons. The first-order valence-corrected chi connectivity index (χ1v) is 5.25. The van der Waals surface area contributed by atoms with Gasteiger partial charge in [-0.25, -0.2) is 0 Å². The highest BCUT2D eigenvalue weighted by Crippen LogP contribution is 2.25. The Morgan fingerprint density at radius 1 is 1.25 bits per heavy atom. The summed E-state index contributed by atoms with van der Waals surface area (Å²) in [4.78, 5) is 15.1. The summed E-state index contributed by atoms with van der Waals surface area (Å²) in [5.74, 6) is 0. The Kier molecular flexibility index (Phi) is 3.02. The van der Waals surface area contributed by atoms with E-state index in [-0.39, 0.29) is 0 Å². The number of carbonyl (C=O) groups is 1. The minimum Gasteiger partial charge on any atom is -0.298 e. The lowest BCUT2D eigenvalue weighted by molar-refractivity contribution is 0.112. The number of aryl methyl sites for hydroxylation is 1. The molecule has 0 amide bonds. The quantitative estimate of drug-likeness (QED) is 0.741. The van der Waals surface area contributed by atoms with Gasteiger partial charge in [-0.1, -0.05) is 17.7 Å². The van der Waals surface area contributed by atoms with Crippen molar-refractivity contribution in [3.8, 4) is 11.1 Å². The van der Waals surface area contributed by atoms with Gasteiger partial charge in [-0.05, 0) is 36.2 Å². The van der Waals surface area contributed by atoms with Crippen LogP contribution in [0.4, 0.5) is 0 Å². The maximum absolute atomic E-state index is 11.0. The Labute approximate surface area is 98.9 Å². The van der Waals surface area contributed by atoms with E-state index in [9.17, 15) is 4.79 Å². The second-order valence-electron chi connectivity index (χ2n) is 3.60. The Bertz CT molecular complexity index is 537. The van der Waals surface area contributed by atoms with Crippen LogP contribution in [0.15, 0.2) is 36.7 Å². The molecule has 0 aliphatic heterocycles. The van der Waals surface area contributed by atoms with Gasteiger partial charge in [0.15, 0.2) is 6.29 Å². The fourth-order valence-corrected chi connectivity index (χ4v) is 1.78. The Balaban J connectivity index is 2.59. The zero-order chi connectivity index (χ0) is 11.5. The molecule has 16 heavy (non-hydrogen) atoms. The van der Waals surface area contributed by atoms with Gasteiger partial charge in [0.1, 0.15) is 0 Å². The highest BCUT2D eigenvalue weighted by atomic mass is 35.5. The summed E-state index contributed by atoms with van der Waals surface area (Å²) < 4.78 is 0. The van der Waals surface area contributed by atoms with Crippen molar-refractivity contribution < 1.29 is 4.79 Å². The molecule has 0 N–H and O–H groups in total. The van der Waals surface area contributed by atoms with Gasteiger partial charge in [0.05, 0.1) is 0 Å². The van der Waals surface area contributed by atoms with Crippen LogP contribution in [-0.4, -0.2) is 11.3 Å². The Morgan fingerprint density at radius 2 is 2.06 bits per heavy atom. The van der Waals surface area contributed by atoms with Crippen molar-refractivity contribution >= 4 is 17.9 Å². The first kappa shape index (κ1) is 10.8. The van der Waals surface area contributed by atoms with Crippen molar-refractivity contribution in [1.29, 1.82) is 0 Å². The number of benzene rings is 1. The van der Waals surface area contributed by atoms with Crippen molar-refractivity contribution in [3.05, 3.63) is 52.8 Å². The lowest BCUT2D eigenvalue weighted by atomic mass is 10.0. The molecule has 1 heterocycles. The van der Waals surface area contributed by atoms with E-state index < -0.39 is 0 Å². The highest BCUT2D eigenvalue weighted by Gasteiger charge is 2.05. The summed E-state index contributed by atoms with van der Waals surface area (Å²) in [5.41, 5.74) is 3.43. The number of halogens is 1. The molecule has 1 aromatic carbocycles. The van der Waals surface area contributed by atoms with Gasteiger partial charge in [0.25, 0.3) is 0 Å². The minimum absolute atomic E-state index is 0.562. The summed E-state index contributed by atoms with van der Waals surface area (Å²) >= 11 is 5.84. The van der Waals surface area contributed by atoms with Crippen LogP contribution in [0.5, 0.6) is 0 Å². The van der Waals surface area contributed by atoms with Gasteiger partial charge < -0.3 is 0 Å². The van der Waals surface area contributed by atoms with E-state index in [1.165, 1.54) is 0 Å². The van der Waals surface area contributed by atoms with Gasteiger partial charge >= 0.3 is 0 Å². The largest absolute Gasteiger partial charge is 0.298 e. The van der Waals surface area contributed by atoms with Gasteiger partial charge in [-0.2, -0.15) is 0 Å². The van der Waals surface area contributed by atoms with Crippen molar-refractivity contribution in [2.45, 2.75) is 6.92 Å². The SMILES string of the molecule is Cc1cncc(-c2ccc(Cl)cc2C=O)c1. The van der Waals surface area contributed by atoms with E-state index in [2.05, 4.69) is 4.98 Å². The van der Waals surface area contributed by atoms with Crippen molar-refractivity contribution in [3.63, 3.8) is 0 Å². The number of pyridine rings is 1. The average molecular weight is 232 g/mol. The molecule has 1 aromatic heterocycles. The van der Waals surface area contributed by atoms with Gasteiger partial charge in [0.2, 0.25) is 0 Å². The van der Waals surface area contributed by atoms with E-state index in [0.29, 0.717) is 10.6 Å². The maximum Gasteiger partial charge on any atom is 0.150 e. The molecule has 2 rings (SSSR count). The number of hydrogen-bond acceptors (Lipinski definition) is 2. The molecule has 0 bridgehead atoms. The molecule has 0 saturated heterocycles. The van der Waals surface area contributed by atoms with Crippen LogP contribution in [0.3, 0.4) is 0 Å². The number of rotatable bonds is 2. The molecule has 0 fully saturated rings. The van der Waals surface area contributed by atoms with Crippen molar-refractivity contribution in [2.24, 2.45) is 0 Å². The van der Waals surface area contributed by atoms with E-state index in [1.54, 1.807) is 24.5 Å². The summed E-state index contributed by atoms with van der Waals surface area (Å²) in [6.45, 7) is 1.97. The van der Waals surface area contributed by atoms with E-state index in [4.69, 9.17) is 11.6 Å². The van der Waals surface area contributed by atoms with Gasteiger partial charge in [-0.3, -0.25) is 9.78 Å². The molecule has 0 aliphatic rings. The summed E-state index contributed by atoms with van der Waals surface area (Å²) in [6.07, 6.45) is 4.33. The molecule has 0 atom stereocenters. The monoisotopic (exact) mass is 231 g/mol. The third-order valence-electron chi connectivity index (χ3n) is 2.33. The van der Waals surface area contributed by atoms with E-state index >= 15 is 0 Å². The van der Waals surface area contributed by atoms with Crippen LogP contribution < -0.4 is 0 Å². The fraction of sp³-hybridized carbons (Fsp3) is 0.0769. The van der Waals surface area contributed by atoms with E-state index in [1.807, 2.05) is 19.1 Å². The number of hydrogen-bond donors (Lipinski definition) is 0. The third kappa shape index (κ3) is 2.12. The van der Waals surface area contributed by atoms with Gasteiger partial charge in [0, 0.05) is 28.5 Å². The van der Waals surface area contributed by atoms with Crippen LogP contribution in [-0.2, 0) is 0 Å². The van der Waals surface area contributed by atoms with Crippen LogP contribution in [0.1, 0.15) is 15.9 Å². The number of aromatic nitrogens is 1. The summed E-state index contributed by atoms with van der Waals surface area (Å²) in [5, 5.41) is 0.562. The standard InChI is InChI=1S/C13H10ClNO/c1-9-4-10(7-15-6-9)13-3-2-12(14)5-11(13)8-16/h2-8H,1H3. The summed E-state index contributed by atoms with van der Waals surface area (Å²) in [6, 6.07) is 7.25. The van der Waals surface area contributed by atoms with Gasteiger partial charge in [-0.15, -0.1) is 0 Å². The van der Waals surface area contributed by atoms with E-state index in [0.717, 1.165) is 23.0 Å². The molecule has 0 spiro atoms. The molecular weight excluding hydrogens is 222 g/mol. The second-order valence-corrected chi connectivity index (χ2v) is 4.04. The molecule has 80 valence electrons. The third-order valence-corrected chi connectivity index (χ3v) is 2.56. The molecular formula is C13H10ClNO. The lowest BCUT2D eigenvalue weighted by Gasteiger charge is -2.05. The maximum atomic E-state index is 11.0. The van der Waals surface area contributed by atoms with Crippen LogP contribution in [0.2, 0.25) is 5.02 Å². The predicted molar refractivity (Wildman–Crippen MR) is 64.8 cm³/mol. The predicted octanol–water partition coefficient (Wildman–Crippen LogP) is 3.52. The topological polar surface area (TPSA) is 30.0 Å². The van der Waals surface area contributed by atoms with Crippen LogP contribution >= 0.6 is 11.6 Å². The molecule has 0 aliphatic carbocycles. The zero-order valence-electron chi connectivity index (χ0n) is 8.77. The number of aldehydes is 1. The number of carbonyl (C=O) groups excluding carboxylic acids is 1. The van der Waals surface area contributed by atoms with Crippen molar-refractivity contribution in [1.82, 2.24) is 4.98 Å². The van der Waals surface area contributed by atoms with Crippen LogP contribution in [0.25, 0.3) is 11.1 Å². The Hall–Kier alpha value is -1.67. The second kappa shape index (κ2) is 4.45. The fourth-order valence-electron chi connectivity index (χ4n) is 1.60. The molecule has 2 aromatic rings. The normalized spacial score (nSPS) is 10.1. The molecule has 0 unspecified atom stereocenters. The first-order chi connectivity index (χ1) is 7.70. The first-order valence-electron chi connectivity index (χ1n) is 4.87. The average Bonchev–Trinajstić information content (AvgIpc) is 2.28. The highest BCUT2D eigenvalue weighted by molar-refractivity contribution is 6.31. The zero-order valence-corrected chi connectivity index (χ0v) is 9.53.